The lowest BCUT2D eigenvalue weighted by atomic mass is 10.2. The van der Waals surface area contributed by atoms with Gasteiger partial charge >= 0.3 is 5.97 Å². The van der Waals surface area contributed by atoms with E-state index in [0.29, 0.717) is 10.6 Å². The normalized spacial score (nSPS) is 10.3. The SMILES string of the molecule is O=C(Oc1cc(Cl)c(Cl)cc1Cl)c1ccc(Cl)cc1. The van der Waals surface area contributed by atoms with Gasteiger partial charge in [0.1, 0.15) is 0 Å². The Hall–Kier alpha value is -0.930. The molecule has 2 aromatic rings. The summed E-state index contributed by atoms with van der Waals surface area (Å²) in [5.41, 5.74) is 0.353. The third-order valence-electron chi connectivity index (χ3n) is 2.26. The van der Waals surface area contributed by atoms with Gasteiger partial charge in [-0.25, -0.2) is 4.79 Å². The first-order valence-corrected chi connectivity index (χ1v) is 6.61. The van der Waals surface area contributed by atoms with Crippen molar-refractivity contribution < 1.29 is 9.53 Å². The van der Waals surface area contributed by atoms with Crippen molar-refractivity contribution in [2.75, 3.05) is 0 Å². The van der Waals surface area contributed by atoms with Crippen molar-refractivity contribution in [3.8, 4) is 5.75 Å². The second kappa shape index (κ2) is 6.02. The fourth-order valence-corrected chi connectivity index (χ4v) is 2.03. The van der Waals surface area contributed by atoms with Crippen LogP contribution in [0.25, 0.3) is 0 Å². The summed E-state index contributed by atoms with van der Waals surface area (Å²) in [7, 11) is 0. The highest BCUT2D eigenvalue weighted by atomic mass is 35.5. The van der Waals surface area contributed by atoms with E-state index in [9.17, 15) is 4.79 Å². The molecule has 0 bridgehead atoms. The second-order valence-corrected chi connectivity index (χ2v) is 5.25. The lowest BCUT2D eigenvalue weighted by Gasteiger charge is -2.07. The molecule has 0 aliphatic rings. The van der Waals surface area contributed by atoms with Crippen LogP contribution in [0.4, 0.5) is 0 Å². The van der Waals surface area contributed by atoms with Gasteiger partial charge in [-0.05, 0) is 30.3 Å². The molecule has 6 heteroatoms. The Labute approximate surface area is 129 Å². The van der Waals surface area contributed by atoms with Crippen LogP contribution >= 0.6 is 46.4 Å². The molecule has 19 heavy (non-hydrogen) atoms. The van der Waals surface area contributed by atoms with Crippen LogP contribution in [0, 0.1) is 0 Å². The minimum Gasteiger partial charge on any atom is -0.421 e. The average molecular weight is 336 g/mol. The molecule has 0 radical (unpaired) electrons. The second-order valence-electron chi connectivity index (χ2n) is 3.59. The van der Waals surface area contributed by atoms with Crippen LogP contribution in [0.2, 0.25) is 20.1 Å². The van der Waals surface area contributed by atoms with Crippen LogP contribution in [0.3, 0.4) is 0 Å². The minimum atomic E-state index is -0.558. The molecule has 0 aliphatic carbocycles. The summed E-state index contributed by atoms with van der Waals surface area (Å²) >= 11 is 23.3. The molecule has 0 heterocycles. The smallest absolute Gasteiger partial charge is 0.343 e. The molecule has 0 fully saturated rings. The largest absolute Gasteiger partial charge is 0.421 e. The first-order chi connectivity index (χ1) is 8.97. The summed E-state index contributed by atoms with van der Waals surface area (Å²) in [6.45, 7) is 0. The monoisotopic (exact) mass is 334 g/mol. The zero-order valence-electron chi connectivity index (χ0n) is 9.29. The Kier molecular flexibility index (Phi) is 4.58. The number of carbonyl (C=O) groups is 1. The Balaban J connectivity index is 2.24. The molecule has 2 rings (SSSR count). The molecule has 0 spiro atoms. The van der Waals surface area contributed by atoms with Gasteiger partial charge in [0.25, 0.3) is 0 Å². The van der Waals surface area contributed by atoms with Gasteiger partial charge in [-0.1, -0.05) is 46.4 Å². The maximum Gasteiger partial charge on any atom is 0.343 e. The summed E-state index contributed by atoms with van der Waals surface area (Å²) in [6, 6.07) is 9.09. The highest BCUT2D eigenvalue weighted by Gasteiger charge is 2.13. The fourth-order valence-electron chi connectivity index (χ4n) is 1.33. The third-order valence-corrected chi connectivity index (χ3v) is 3.53. The fraction of sp³-hybridized carbons (Fsp3) is 0. The van der Waals surface area contributed by atoms with Crippen molar-refractivity contribution in [2.45, 2.75) is 0 Å². The van der Waals surface area contributed by atoms with Crippen molar-refractivity contribution in [1.29, 1.82) is 0 Å². The van der Waals surface area contributed by atoms with Crippen LogP contribution in [-0.4, -0.2) is 5.97 Å². The lowest BCUT2D eigenvalue weighted by Crippen LogP contribution is -2.08. The zero-order chi connectivity index (χ0) is 14.0. The molecular weight excluding hydrogens is 330 g/mol. The molecule has 0 unspecified atom stereocenters. The molecule has 0 saturated carbocycles. The summed E-state index contributed by atoms with van der Waals surface area (Å²) in [5, 5.41) is 1.28. The van der Waals surface area contributed by atoms with Gasteiger partial charge in [-0.2, -0.15) is 0 Å². The minimum absolute atomic E-state index is 0.149. The third kappa shape index (κ3) is 3.54. The molecule has 0 aliphatic heterocycles. The number of esters is 1. The number of benzene rings is 2. The van der Waals surface area contributed by atoms with E-state index in [1.807, 2.05) is 0 Å². The van der Waals surface area contributed by atoms with E-state index < -0.39 is 5.97 Å². The van der Waals surface area contributed by atoms with Crippen LogP contribution in [-0.2, 0) is 0 Å². The van der Waals surface area contributed by atoms with Gasteiger partial charge < -0.3 is 4.74 Å². The summed E-state index contributed by atoms with van der Waals surface area (Å²) in [6.07, 6.45) is 0. The lowest BCUT2D eigenvalue weighted by molar-refractivity contribution is 0.0735. The van der Waals surface area contributed by atoms with Crippen molar-refractivity contribution in [3.63, 3.8) is 0 Å². The predicted octanol–water partition coefficient (Wildman–Crippen LogP) is 5.52. The van der Waals surface area contributed by atoms with E-state index in [-0.39, 0.29) is 20.8 Å². The Morgan fingerprint density at radius 3 is 2.05 bits per heavy atom. The van der Waals surface area contributed by atoms with E-state index in [1.165, 1.54) is 12.1 Å². The molecule has 0 atom stereocenters. The van der Waals surface area contributed by atoms with Crippen LogP contribution in [0.1, 0.15) is 10.4 Å². The first kappa shape index (κ1) is 14.5. The number of hydrogen-bond donors (Lipinski definition) is 0. The molecule has 0 aromatic heterocycles. The Morgan fingerprint density at radius 1 is 0.842 bits per heavy atom. The molecule has 0 saturated heterocycles. The molecular formula is C13H6Cl4O2. The van der Waals surface area contributed by atoms with Gasteiger partial charge in [0.15, 0.2) is 5.75 Å². The summed E-state index contributed by atoms with van der Waals surface area (Å²) in [4.78, 5) is 11.9. The van der Waals surface area contributed by atoms with Crippen molar-refractivity contribution in [3.05, 3.63) is 62.1 Å². The Bertz CT molecular complexity index is 623. The van der Waals surface area contributed by atoms with E-state index >= 15 is 0 Å². The van der Waals surface area contributed by atoms with E-state index in [2.05, 4.69) is 0 Å². The zero-order valence-corrected chi connectivity index (χ0v) is 12.3. The average Bonchev–Trinajstić information content (AvgIpc) is 2.36. The topological polar surface area (TPSA) is 26.3 Å². The van der Waals surface area contributed by atoms with Crippen LogP contribution in [0.15, 0.2) is 36.4 Å². The standard InChI is InChI=1S/C13H6Cl4O2/c14-8-3-1-7(2-4-8)13(18)19-12-6-10(16)9(15)5-11(12)17/h1-6H. The Morgan fingerprint density at radius 2 is 1.42 bits per heavy atom. The highest BCUT2D eigenvalue weighted by Crippen LogP contribution is 2.34. The molecule has 2 nitrogen and oxygen atoms in total. The summed E-state index contributed by atoms with van der Waals surface area (Å²) < 4.78 is 5.15. The number of halogens is 4. The predicted molar refractivity (Wildman–Crippen MR) is 77.9 cm³/mol. The van der Waals surface area contributed by atoms with E-state index in [4.69, 9.17) is 51.1 Å². The van der Waals surface area contributed by atoms with Gasteiger partial charge in [-0.3, -0.25) is 0 Å². The van der Waals surface area contributed by atoms with Crippen molar-refractivity contribution >= 4 is 52.4 Å². The van der Waals surface area contributed by atoms with Crippen molar-refractivity contribution in [1.82, 2.24) is 0 Å². The quantitative estimate of drug-likeness (QED) is 0.410. The number of hydrogen-bond acceptors (Lipinski definition) is 2. The summed E-state index contributed by atoms with van der Waals surface area (Å²) in [5.74, 6) is -0.409. The van der Waals surface area contributed by atoms with Crippen molar-refractivity contribution in [2.24, 2.45) is 0 Å². The van der Waals surface area contributed by atoms with Gasteiger partial charge in [0, 0.05) is 11.1 Å². The number of carbonyl (C=O) groups excluding carboxylic acids is 1. The van der Waals surface area contributed by atoms with E-state index in [0.717, 1.165) is 0 Å². The van der Waals surface area contributed by atoms with Gasteiger partial charge in [0.05, 0.1) is 20.6 Å². The highest BCUT2D eigenvalue weighted by molar-refractivity contribution is 6.43. The van der Waals surface area contributed by atoms with Gasteiger partial charge in [-0.15, -0.1) is 0 Å². The molecule has 0 N–H and O–H groups in total. The maximum atomic E-state index is 11.9. The van der Waals surface area contributed by atoms with Crippen LogP contribution in [0.5, 0.6) is 5.75 Å². The number of ether oxygens (including phenoxy) is 1. The number of rotatable bonds is 2. The molecule has 98 valence electrons. The maximum absolute atomic E-state index is 11.9. The van der Waals surface area contributed by atoms with Gasteiger partial charge in [0.2, 0.25) is 0 Å². The molecule has 2 aromatic carbocycles. The van der Waals surface area contributed by atoms with Crippen LogP contribution < -0.4 is 4.74 Å². The molecule has 0 amide bonds. The first-order valence-electron chi connectivity index (χ1n) is 5.09. The van der Waals surface area contributed by atoms with E-state index in [1.54, 1.807) is 24.3 Å².